The van der Waals surface area contributed by atoms with Crippen LogP contribution in [0.1, 0.15) is 30.2 Å². The number of hydrogen-bond acceptors (Lipinski definition) is 4. The summed E-state index contributed by atoms with van der Waals surface area (Å²) in [6.45, 7) is 8.54. The average Bonchev–Trinajstić information content (AvgIpc) is 2.66. The Balaban J connectivity index is 1.77. The van der Waals surface area contributed by atoms with Crippen LogP contribution in [0.2, 0.25) is 0 Å². The number of nitrogens with zero attached hydrogens (tertiary/aromatic N) is 2. The third kappa shape index (κ3) is 4.22. The van der Waals surface area contributed by atoms with Crippen LogP contribution in [0.4, 0.5) is 5.69 Å². The van der Waals surface area contributed by atoms with Crippen molar-refractivity contribution in [2.75, 3.05) is 11.9 Å². The number of nitrogens with one attached hydrogen (secondary N) is 1. The van der Waals surface area contributed by atoms with Crippen molar-refractivity contribution in [3.63, 3.8) is 0 Å². The first-order chi connectivity index (χ1) is 13.4. The van der Waals surface area contributed by atoms with Crippen molar-refractivity contribution in [2.24, 2.45) is 0 Å². The number of rotatable bonds is 6. The SMILES string of the molecule is CCOc1ccc(NC(=O)CCn2c(=O)c(C)nc3cc(C)c(C)cc32)cc1. The van der Waals surface area contributed by atoms with Crippen LogP contribution < -0.4 is 15.6 Å². The van der Waals surface area contributed by atoms with Crippen LogP contribution in [-0.2, 0) is 11.3 Å². The number of benzene rings is 2. The van der Waals surface area contributed by atoms with Crippen molar-refractivity contribution in [1.82, 2.24) is 9.55 Å². The van der Waals surface area contributed by atoms with Crippen molar-refractivity contribution in [1.29, 1.82) is 0 Å². The highest BCUT2D eigenvalue weighted by Gasteiger charge is 2.11. The van der Waals surface area contributed by atoms with Crippen LogP contribution in [0.15, 0.2) is 41.2 Å². The zero-order valence-electron chi connectivity index (χ0n) is 16.7. The number of anilines is 1. The summed E-state index contributed by atoms with van der Waals surface area (Å²) >= 11 is 0. The Morgan fingerprint density at radius 1 is 1.11 bits per heavy atom. The van der Waals surface area contributed by atoms with Gasteiger partial charge >= 0.3 is 0 Å². The van der Waals surface area contributed by atoms with E-state index in [9.17, 15) is 9.59 Å². The normalized spacial score (nSPS) is 10.9. The minimum Gasteiger partial charge on any atom is -0.494 e. The van der Waals surface area contributed by atoms with E-state index in [1.807, 2.05) is 45.0 Å². The van der Waals surface area contributed by atoms with Crippen molar-refractivity contribution in [3.05, 3.63) is 63.6 Å². The molecule has 0 aliphatic heterocycles. The van der Waals surface area contributed by atoms with Gasteiger partial charge in [-0.25, -0.2) is 4.98 Å². The molecular weight excluding hydrogens is 354 g/mol. The molecule has 0 aliphatic rings. The lowest BCUT2D eigenvalue weighted by Gasteiger charge is -2.13. The molecule has 0 unspecified atom stereocenters. The molecule has 1 amide bonds. The molecule has 0 bridgehead atoms. The van der Waals surface area contributed by atoms with Gasteiger partial charge in [0.15, 0.2) is 0 Å². The number of ether oxygens (including phenoxy) is 1. The van der Waals surface area contributed by atoms with E-state index in [1.165, 1.54) is 0 Å². The lowest BCUT2D eigenvalue weighted by atomic mass is 10.1. The van der Waals surface area contributed by atoms with Crippen LogP contribution in [0.25, 0.3) is 11.0 Å². The molecule has 0 saturated heterocycles. The van der Waals surface area contributed by atoms with Crippen LogP contribution in [0.5, 0.6) is 5.75 Å². The zero-order chi connectivity index (χ0) is 20.3. The predicted octanol–water partition coefficient (Wildman–Crippen LogP) is 3.75. The summed E-state index contributed by atoms with van der Waals surface area (Å²) in [6, 6.07) is 11.2. The maximum Gasteiger partial charge on any atom is 0.272 e. The molecule has 1 N–H and O–H groups in total. The Morgan fingerprint density at radius 2 is 1.79 bits per heavy atom. The molecular formula is C22H25N3O3. The van der Waals surface area contributed by atoms with Crippen LogP contribution in [0.3, 0.4) is 0 Å². The number of hydrogen-bond donors (Lipinski definition) is 1. The van der Waals surface area contributed by atoms with Gasteiger partial charge in [-0.15, -0.1) is 0 Å². The number of amides is 1. The van der Waals surface area contributed by atoms with Gasteiger partial charge in [-0.3, -0.25) is 9.59 Å². The van der Waals surface area contributed by atoms with Gasteiger partial charge in [0, 0.05) is 18.7 Å². The van der Waals surface area contributed by atoms with Gasteiger partial charge in [0.1, 0.15) is 11.4 Å². The summed E-state index contributed by atoms with van der Waals surface area (Å²) in [6.07, 6.45) is 0.193. The molecule has 3 rings (SSSR count). The molecule has 0 fully saturated rings. The van der Waals surface area contributed by atoms with Gasteiger partial charge in [0.25, 0.3) is 5.56 Å². The lowest BCUT2D eigenvalue weighted by molar-refractivity contribution is -0.116. The monoisotopic (exact) mass is 379 g/mol. The minimum atomic E-state index is -0.162. The fourth-order valence-corrected chi connectivity index (χ4v) is 3.08. The van der Waals surface area contributed by atoms with E-state index < -0.39 is 0 Å². The van der Waals surface area contributed by atoms with E-state index in [2.05, 4.69) is 10.3 Å². The summed E-state index contributed by atoms with van der Waals surface area (Å²) in [5.74, 6) is 0.610. The molecule has 146 valence electrons. The molecule has 2 aromatic carbocycles. The number of fused-ring (bicyclic) bond motifs is 1. The zero-order valence-corrected chi connectivity index (χ0v) is 16.7. The number of aromatic nitrogens is 2. The Labute approximate surface area is 164 Å². The minimum absolute atomic E-state index is 0.150. The molecule has 6 heteroatoms. The van der Waals surface area contributed by atoms with Crippen molar-refractivity contribution in [2.45, 2.75) is 40.7 Å². The second-order valence-corrected chi connectivity index (χ2v) is 6.83. The maximum absolute atomic E-state index is 12.6. The Bertz CT molecular complexity index is 1070. The van der Waals surface area contributed by atoms with E-state index in [1.54, 1.807) is 23.6 Å². The fraction of sp³-hybridized carbons (Fsp3) is 0.318. The summed E-state index contributed by atoms with van der Waals surface area (Å²) in [4.78, 5) is 29.4. The van der Waals surface area contributed by atoms with Crippen LogP contribution >= 0.6 is 0 Å². The third-order valence-corrected chi connectivity index (χ3v) is 4.74. The molecule has 0 aliphatic carbocycles. The first-order valence-corrected chi connectivity index (χ1v) is 9.40. The highest BCUT2D eigenvalue weighted by Crippen LogP contribution is 2.18. The van der Waals surface area contributed by atoms with Gasteiger partial charge in [-0.2, -0.15) is 0 Å². The van der Waals surface area contributed by atoms with E-state index in [-0.39, 0.29) is 17.9 Å². The first-order valence-electron chi connectivity index (χ1n) is 9.40. The first kappa shape index (κ1) is 19.6. The van der Waals surface area contributed by atoms with Crippen molar-refractivity contribution in [3.8, 4) is 5.75 Å². The highest BCUT2D eigenvalue weighted by atomic mass is 16.5. The Morgan fingerprint density at radius 3 is 2.46 bits per heavy atom. The van der Waals surface area contributed by atoms with Gasteiger partial charge in [0.2, 0.25) is 5.91 Å². The fourth-order valence-electron chi connectivity index (χ4n) is 3.08. The third-order valence-electron chi connectivity index (χ3n) is 4.74. The van der Waals surface area contributed by atoms with Gasteiger partial charge in [-0.1, -0.05) is 0 Å². The second kappa shape index (κ2) is 8.25. The molecule has 1 heterocycles. The molecule has 6 nitrogen and oxygen atoms in total. The molecule has 3 aromatic rings. The van der Waals surface area contributed by atoms with E-state index in [0.717, 1.165) is 27.9 Å². The quantitative estimate of drug-likeness (QED) is 0.708. The van der Waals surface area contributed by atoms with Crippen molar-refractivity contribution >= 4 is 22.6 Å². The van der Waals surface area contributed by atoms with Crippen molar-refractivity contribution < 1.29 is 9.53 Å². The molecule has 0 spiro atoms. The molecule has 0 saturated carbocycles. The van der Waals surface area contributed by atoms with E-state index >= 15 is 0 Å². The standard InChI is InChI=1S/C22H25N3O3/c1-5-28-18-8-6-17(7-9-18)24-21(26)10-11-25-20-13-15(3)14(2)12-19(20)23-16(4)22(25)27/h6-9,12-13H,5,10-11H2,1-4H3,(H,24,26). The Hall–Kier alpha value is -3.15. The number of aryl methyl sites for hydroxylation is 4. The molecule has 0 atom stereocenters. The summed E-state index contributed by atoms with van der Waals surface area (Å²) < 4.78 is 7.04. The van der Waals surface area contributed by atoms with E-state index in [0.29, 0.717) is 24.5 Å². The Kier molecular flexibility index (Phi) is 5.78. The maximum atomic E-state index is 12.6. The summed E-state index contributed by atoms with van der Waals surface area (Å²) in [7, 11) is 0. The highest BCUT2D eigenvalue weighted by molar-refractivity contribution is 5.90. The van der Waals surface area contributed by atoms with Crippen LogP contribution in [0, 0.1) is 20.8 Å². The van der Waals surface area contributed by atoms with E-state index in [4.69, 9.17) is 4.74 Å². The summed E-state index contributed by atoms with van der Waals surface area (Å²) in [5.41, 5.74) is 4.71. The molecule has 28 heavy (non-hydrogen) atoms. The van der Waals surface area contributed by atoms with Gasteiger partial charge < -0.3 is 14.6 Å². The number of carbonyl (C=O) groups is 1. The van der Waals surface area contributed by atoms with Gasteiger partial charge in [-0.05, 0) is 75.2 Å². The summed E-state index contributed by atoms with van der Waals surface area (Å²) in [5, 5.41) is 2.86. The topological polar surface area (TPSA) is 73.2 Å². The van der Waals surface area contributed by atoms with Gasteiger partial charge in [0.05, 0.1) is 17.6 Å². The largest absolute Gasteiger partial charge is 0.494 e. The number of carbonyl (C=O) groups excluding carboxylic acids is 1. The predicted molar refractivity (Wildman–Crippen MR) is 111 cm³/mol. The second-order valence-electron chi connectivity index (χ2n) is 6.83. The lowest BCUT2D eigenvalue weighted by Crippen LogP contribution is -2.26. The average molecular weight is 379 g/mol. The molecule has 1 aromatic heterocycles. The van der Waals surface area contributed by atoms with Crippen LogP contribution in [-0.4, -0.2) is 22.1 Å². The smallest absolute Gasteiger partial charge is 0.272 e. The molecule has 0 radical (unpaired) electrons.